The number of carboxylic acid groups (broad SMARTS) is 1. The number of carboxylic acids is 1. The fraction of sp³-hybridized carbons (Fsp3) is 0.100. The molecule has 130 valence electrons. The number of benzene rings is 2. The summed E-state index contributed by atoms with van der Waals surface area (Å²) < 4.78 is 10.7. The number of para-hydroxylation sites is 2. The number of hydrogen-bond acceptors (Lipinski definition) is 4. The second-order valence-electron chi connectivity index (χ2n) is 4.76. The molecule has 2 rings (SSSR count). The van der Waals surface area contributed by atoms with Crippen LogP contribution in [-0.4, -0.2) is 23.7 Å². The van der Waals surface area contributed by atoms with E-state index in [-0.39, 0.29) is 0 Å². The van der Waals surface area contributed by atoms with Crippen LogP contribution in [-0.2, 0) is 9.59 Å². The summed E-state index contributed by atoms with van der Waals surface area (Å²) in [7, 11) is 0. The number of rotatable bonds is 7. The predicted molar refractivity (Wildman–Crippen MR) is 95.6 cm³/mol. The highest BCUT2D eigenvalue weighted by molar-refractivity contribution is 5.89. The minimum atomic E-state index is -0.981. The van der Waals surface area contributed by atoms with E-state index in [0.717, 1.165) is 11.8 Å². The number of carbonyl (C=O) groups excluding carboxylic acids is 1. The van der Waals surface area contributed by atoms with Crippen molar-refractivity contribution in [3.05, 3.63) is 85.5 Å². The quantitative estimate of drug-likeness (QED) is 0.470. The highest BCUT2D eigenvalue weighted by Crippen LogP contribution is 2.13. The lowest BCUT2D eigenvalue weighted by Crippen LogP contribution is -2.12. The van der Waals surface area contributed by atoms with Gasteiger partial charge in [-0.05, 0) is 24.3 Å². The summed E-state index contributed by atoms with van der Waals surface area (Å²) in [6.45, 7) is 7.08. The molecule has 0 saturated heterocycles. The van der Waals surface area contributed by atoms with Gasteiger partial charge in [0.15, 0.2) is 0 Å². The maximum absolute atomic E-state index is 11.8. The summed E-state index contributed by atoms with van der Waals surface area (Å²) in [5.74, 6) is -0.114. The normalized spacial score (nSPS) is 9.12. The minimum absolute atomic E-state index is 0.393. The number of carbonyl (C=O) groups is 2. The molecule has 5 heteroatoms. The maximum atomic E-state index is 11.8. The number of hydrogen-bond donors (Lipinski definition) is 1. The van der Waals surface area contributed by atoms with Gasteiger partial charge < -0.3 is 14.6 Å². The molecule has 0 bridgehead atoms. The van der Waals surface area contributed by atoms with Crippen LogP contribution >= 0.6 is 0 Å². The number of esters is 1. The summed E-state index contributed by atoms with van der Waals surface area (Å²) in [5.41, 5.74) is 0.393. The van der Waals surface area contributed by atoms with Crippen LogP contribution < -0.4 is 9.47 Å². The first-order chi connectivity index (χ1) is 12.0. The van der Waals surface area contributed by atoms with Crippen LogP contribution in [0.1, 0.15) is 6.42 Å². The topological polar surface area (TPSA) is 72.8 Å². The minimum Gasteiger partial charge on any atom is -0.493 e. The SMILES string of the molecule is C=C(CCOc1ccccc1)C(=O)Oc1ccccc1.C=CC(=O)O. The van der Waals surface area contributed by atoms with E-state index < -0.39 is 11.9 Å². The maximum Gasteiger partial charge on any atom is 0.338 e. The molecule has 1 N–H and O–H groups in total. The van der Waals surface area contributed by atoms with Gasteiger partial charge >= 0.3 is 11.9 Å². The molecule has 5 nitrogen and oxygen atoms in total. The number of aliphatic carboxylic acids is 1. The Morgan fingerprint density at radius 3 is 1.92 bits per heavy atom. The fourth-order valence-electron chi connectivity index (χ4n) is 1.58. The van der Waals surface area contributed by atoms with Crippen LogP contribution in [0.3, 0.4) is 0 Å². The van der Waals surface area contributed by atoms with E-state index in [9.17, 15) is 9.59 Å². The lowest BCUT2D eigenvalue weighted by molar-refractivity contribution is -0.131. The largest absolute Gasteiger partial charge is 0.493 e. The molecular formula is C20H20O5. The van der Waals surface area contributed by atoms with Crippen LogP contribution in [0, 0.1) is 0 Å². The predicted octanol–water partition coefficient (Wildman–Crippen LogP) is 3.87. The van der Waals surface area contributed by atoms with Gasteiger partial charge in [-0.3, -0.25) is 0 Å². The van der Waals surface area contributed by atoms with Crippen molar-refractivity contribution in [1.82, 2.24) is 0 Å². The standard InChI is InChI=1S/C17H16O3.C3H4O2/c1-14(12-13-19-15-8-4-2-5-9-15)17(18)20-16-10-6-3-7-11-16;1-2-3(4)5/h2-11H,1,12-13H2;2H,1H2,(H,4,5). The van der Waals surface area contributed by atoms with E-state index in [2.05, 4.69) is 13.2 Å². The van der Waals surface area contributed by atoms with Crippen LogP contribution in [0.25, 0.3) is 0 Å². The van der Waals surface area contributed by atoms with E-state index >= 15 is 0 Å². The summed E-state index contributed by atoms with van der Waals surface area (Å²) in [6.07, 6.45) is 1.26. The van der Waals surface area contributed by atoms with Gasteiger partial charge in [-0.1, -0.05) is 49.6 Å². The van der Waals surface area contributed by atoms with Crippen LogP contribution in [0.5, 0.6) is 11.5 Å². The van der Waals surface area contributed by atoms with Crippen molar-refractivity contribution in [2.45, 2.75) is 6.42 Å². The molecule has 0 aliphatic carbocycles. The molecule has 25 heavy (non-hydrogen) atoms. The lowest BCUT2D eigenvalue weighted by Gasteiger charge is -2.08. The molecular weight excluding hydrogens is 320 g/mol. The van der Waals surface area contributed by atoms with Crippen molar-refractivity contribution in [1.29, 1.82) is 0 Å². The van der Waals surface area contributed by atoms with Crippen LogP contribution in [0.15, 0.2) is 85.5 Å². The first-order valence-corrected chi connectivity index (χ1v) is 7.51. The molecule has 0 spiro atoms. The molecule has 0 amide bonds. The summed E-state index contributed by atoms with van der Waals surface area (Å²) in [4.78, 5) is 21.0. The third kappa shape index (κ3) is 8.76. The lowest BCUT2D eigenvalue weighted by atomic mass is 10.2. The van der Waals surface area contributed by atoms with Gasteiger partial charge in [-0.25, -0.2) is 9.59 Å². The van der Waals surface area contributed by atoms with Crippen molar-refractivity contribution < 1.29 is 24.2 Å². The highest BCUT2D eigenvalue weighted by atomic mass is 16.5. The van der Waals surface area contributed by atoms with Crippen molar-refractivity contribution in [3.8, 4) is 11.5 Å². The van der Waals surface area contributed by atoms with Crippen molar-refractivity contribution in [2.24, 2.45) is 0 Å². The first kappa shape index (κ1) is 19.7. The molecule has 0 aliphatic rings. The van der Waals surface area contributed by atoms with Crippen molar-refractivity contribution in [3.63, 3.8) is 0 Å². The van der Waals surface area contributed by atoms with E-state index in [1.54, 1.807) is 12.1 Å². The molecule has 0 aromatic heterocycles. The Hall–Kier alpha value is -3.34. The number of ether oxygens (including phenoxy) is 2. The average Bonchev–Trinajstić information content (AvgIpc) is 2.63. The summed E-state index contributed by atoms with van der Waals surface area (Å²) >= 11 is 0. The molecule has 0 radical (unpaired) electrons. The Bertz CT molecular complexity index is 693. The van der Waals surface area contributed by atoms with Gasteiger partial charge in [0.05, 0.1) is 6.61 Å². The zero-order chi connectivity index (χ0) is 18.5. The second-order valence-corrected chi connectivity index (χ2v) is 4.76. The Labute approximate surface area is 146 Å². The van der Waals surface area contributed by atoms with E-state index in [4.69, 9.17) is 14.6 Å². The molecule has 0 unspecified atom stereocenters. The third-order valence-electron chi connectivity index (χ3n) is 2.83. The van der Waals surface area contributed by atoms with Crippen molar-refractivity contribution >= 4 is 11.9 Å². The zero-order valence-electron chi connectivity index (χ0n) is 13.8. The van der Waals surface area contributed by atoms with Gasteiger partial charge in [0.25, 0.3) is 0 Å². The smallest absolute Gasteiger partial charge is 0.338 e. The fourth-order valence-corrected chi connectivity index (χ4v) is 1.58. The molecule has 0 heterocycles. The Balaban J connectivity index is 0.000000550. The van der Waals surface area contributed by atoms with Gasteiger partial charge in [0.2, 0.25) is 0 Å². The van der Waals surface area contributed by atoms with Gasteiger partial charge in [-0.2, -0.15) is 0 Å². The first-order valence-electron chi connectivity index (χ1n) is 7.51. The monoisotopic (exact) mass is 340 g/mol. The van der Waals surface area contributed by atoms with E-state index in [1.165, 1.54) is 0 Å². The average molecular weight is 340 g/mol. The Morgan fingerprint density at radius 2 is 1.44 bits per heavy atom. The van der Waals surface area contributed by atoms with Gasteiger partial charge in [0, 0.05) is 18.1 Å². The Morgan fingerprint density at radius 1 is 0.960 bits per heavy atom. The molecule has 0 fully saturated rings. The molecule has 0 atom stereocenters. The van der Waals surface area contributed by atoms with Gasteiger partial charge in [0.1, 0.15) is 11.5 Å². The Kier molecular flexibility index (Phi) is 8.86. The molecule has 0 aliphatic heterocycles. The van der Waals surface area contributed by atoms with Crippen molar-refractivity contribution in [2.75, 3.05) is 6.61 Å². The third-order valence-corrected chi connectivity index (χ3v) is 2.83. The summed E-state index contributed by atoms with van der Waals surface area (Å²) in [6, 6.07) is 18.4. The zero-order valence-corrected chi connectivity index (χ0v) is 13.8. The van der Waals surface area contributed by atoms with E-state index in [0.29, 0.717) is 24.4 Å². The molecule has 2 aromatic rings. The van der Waals surface area contributed by atoms with Crippen LogP contribution in [0.2, 0.25) is 0 Å². The molecule has 0 saturated carbocycles. The molecule has 2 aromatic carbocycles. The summed E-state index contributed by atoms with van der Waals surface area (Å²) in [5, 5.41) is 7.60. The second kappa shape index (κ2) is 11.2. The van der Waals surface area contributed by atoms with Crippen LogP contribution in [0.4, 0.5) is 0 Å². The van der Waals surface area contributed by atoms with E-state index in [1.807, 2.05) is 48.5 Å². The highest BCUT2D eigenvalue weighted by Gasteiger charge is 2.09. The van der Waals surface area contributed by atoms with Gasteiger partial charge in [-0.15, -0.1) is 0 Å².